The minimum absolute atomic E-state index is 0.0438. The van der Waals surface area contributed by atoms with Gasteiger partial charge in [0.25, 0.3) is 0 Å². The summed E-state index contributed by atoms with van der Waals surface area (Å²) >= 11 is 0. The Balaban J connectivity index is 1.49. The Hall–Kier alpha value is -1.47. The van der Waals surface area contributed by atoms with Gasteiger partial charge in [0.05, 0.1) is 18.1 Å². The number of rotatable bonds is 7. The fourth-order valence-corrected chi connectivity index (χ4v) is 6.65. The Morgan fingerprint density at radius 2 is 1.76 bits per heavy atom. The van der Waals surface area contributed by atoms with Crippen molar-refractivity contribution in [3.8, 4) is 0 Å². The van der Waals surface area contributed by atoms with E-state index in [2.05, 4.69) is 4.90 Å². The summed E-state index contributed by atoms with van der Waals surface area (Å²) in [5.41, 5.74) is 0.873. The van der Waals surface area contributed by atoms with Gasteiger partial charge in [0.1, 0.15) is 5.82 Å². The van der Waals surface area contributed by atoms with Crippen molar-refractivity contribution in [2.75, 3.05) is 18.1 Å². The van der Waals surface area contributed by atoms with Crippen LogP contribution < -0.4 is 0 Å². The molecule has 4 rings (SSSR count). The molecule has 160 valence electrons. The van der Waals surface area contributed by atoms with Gasteiger partial charge in [-0.05, 0) is 49.8 Å². The number of carbonyl (C=O) groups is 1. The zero-order valence-electron chi connectivity index (χ0n) is 16.9. The molecule has 0 N–H and O–H groups in total. The molecule has 1 aromatic carbocycles. The Morgan fingerprint density at radius 1 is 1.00 bits per heavy atom. The summed E-state index contributed by atoms with van der Waals surface area (Å²) in [4.78, 5) is 17.5. The smallest absolute Gasteiger partial charge is 0.237 e. The van der Waals surface area contributed by atoms with Crippen molar-refractivity contribution in [3.63, 3.8) is 0 Å². The lowest BCUT2D eigenvalue weighted by atomic mass is 9.92. The minimum atomic E-state index is -3.05. The molecule has 29 heavy (non-hydrogen) atoms. The van der Waals surface area contributed by atoms with E-state index in [-0.39, 0.29) is 41.9 Å². The van der Waals surface area contributed by atoms with E-state index in [1.54, 1.807) is 6.07 Å². The summed E-state index contributed by atoms with van der Waals surface area (Å²) in [7, 11) is -3.05. The van der Waals surface area contributed by atoms with Crippen LogP contribution >= 0.6 is 0 Å². The van der Waals surface area contributed by atoms with E-state index in [1.807, 2.05) is 11.0 Å². The van der Waals surface area contributed by atoms with Crippen LogP contribution in [-0.4, -0.2) is 60.3 Å². The molecule has 3 aliphatic rings. The SMILES string of the molecule is O=C(CN(Cc1cccc(F)c1)C1CC1)N(C1CCCCC1)C1CCS(=O)(=O)C1. The van der Waals surface area contributed by atoms with Crippen molar-refractivity contribution in [1.29, 1.82) is 0 Å². The number of hydrogen-bond acceptors (Lipinski definition) is 4. The van der Waals surface area contributed by atoms with Gasteiger partial charge in [-0.25, -0.2) is 12.8 Å². The third-order valence-corrected chi connectivity index (χ3v) is 8.28. The van der Waals surface area contributed by atoms with E-state index in [1.165, 1.54) is 18.6 Å². The maximum Gasteiger partial charge on any atom is 0.237 e. The van der Waals surface area contributed by atoms with Gasteiger partial charge in [0, 0.05) is 24.7 Å². The zero-order valence-corrected chi connectivity index (χ0v) is 17.7. The Labute approximate surface area is 173 Å². The monoisotopic (exact) mass is 422 g/mol. The van der Waals surface area contributed by atoms with Crippen LogP contribution in [0.25, 0.3) is 0 Å². The van der Waals surface area contributed by atoms with Gasteiger partial charge in [-0.2, -0.15) is 0 Å². The molecule has 1 atom stereocenters. The van der Waals surface area contributed by atoms with Gasteiger partial charge in [-0.3, -0.25) is 9.69 Å². The van der Waals surface area contributed by atoms with Crippen molar-refractivity contribution in [2.45, 2.75) is 76.0 Å². The molecule has 1 amide bonds. The van der Waals surface area contributed by atoms with Crippen LogP contribution in [0, 0.1) is 5.82 Å². The molecule has 0 spiro atoms. The van der Waals surface area contributed by atoms with E-state index in [4.69, 9.17) is 0 Å². The van der Waals surface area contributed by atoms with Crippen LogP contribution in [0.5, 0.6) is 0 Å². The number of sulfone groups is 1. The largest absolute Gasteiger partial charge is 0.335 e. The first-order valence-corrected chi connectivity index (χ1v) is 12.7. The normalized spacial score (nSPS) is 24.7. The molecule has 3 fully saturated rings. The second kappa shape index (κ2) is 8.72. The van der Waals surface area contributed by atoms with Crippen molar-refractivity contribution >= 4 is 15.7 Å². The highest BCUT2D eigenvalue weighted by molar-refractivity contribution is 7.91. The third kappa shape index (κ3) is 5.37. The lowest BCUT2D eigenvalue weighted by Gasteiger charge is -2.39. The number of halogens is 1. The van der Waals surface area contributed by atoms with Crippen LogP contribution in [0.4, 0.5) is 4.39 Å². The summed E-state index contributed by atoms with van der Waals surface area (Å²) in [6.07, 6.45) is 8.00. The lowest BCUT2D eigenvalue weighted by Crippen LogP contribution is -2.52. The fourth-order valence-electron chi connectivity index (χ4n) is 4.94. The highest BCUT2D eigenvalue weighted by Gasteiger charge is 2.40. The molecule has 5 nitrogen and oxygen atoms in total. The van der Waals surface area contributed by atoms with Crippen molar-refractivity contribution in [1.82, 2.24) is 9.80 Å². The summed E-state index contributed by atoms with van der Waals surface area (Å²) in [6, 6.07) is 6.89. The van der Waals surface area contributed by atoms with E-state index in [9.17, 15) is 17.6 Å². The first-order chi connectivity index (χ1) is 13.9. The van der Waals surface area contributed by atoms with Crippen LogP contribution in [0.1, 0.15) is 56.9 Å². The fraction of sp³-hybridized carbons (Fsp3) is 0.682. The predicted octanol–water partition coefficient (Wildman–Crippen LogP) is 3.14. The molecule has 7 heteroatoms. The number of amides is 1. The first kappa shape index (κ1) is 20.8. The van der Waals surface area contributed by atoms with Gasteiger partial charge in [0.15, 0.2) is 9.84 Å². The molecule has 1 heterocycles. The average Bonchev–Trinajstić information content (AvgIpc) is 3.46. The number of nitrogens with zero attached hydrogens (tertiary/aromatic N) is 2. The molecular weight excluding hydrogens is 391 g/mol. The van der Waals surface area contributed by atoms with Crippen LogP contribution in [0.3, 0.4) is 0 Å². The maximum absolute atomic E-state index is 13.6. The lowest BCUT2D eigenvalue weighted by molar-refractivity contribution is -0.138. The molecule has 0 bridgehead atoms. The standard InChI is InChI=1S/C22H31FN2O3S/c23-18-6-4-5-17(13-18)14-24(19-9-10-19)15-22(26)25(20-7-2-1-3-8-20)21-11-12-29(27,28)16-21/h4-6,13,19-21H,1-3,7-12,14-16H2. The summed E-state index contributed by atoms with van der Waals surface area (Å²) in [5, 5.41) is 0. The van der Waals surface area contributed by atoms with Gasteiger partial charge >= 0.3 is 0 Å². The maximum atomic E-state index is 13.6. The molecule has 1 saturated heterocycles. The highest BCUT2D eigenvalue weighted by atomic mass is 32.2. The van der Waals surface area contributed by atoms with Gasteiger partial charge < -0.3 is 4.90 Å². The Kier molecular flexibility index (Phi) is 6.25. The van der Waals surface area contributed by atoms with Gasteiger partial charge in [0.2, 0.25) is 5.91 Å². The van der Waals surface area contributed by atoms with Crippen LogP contribution in [0.15, 0.2) is 24.3 Å². The van der Waals surface area contributed by atoms with Crippen molar-refractivity contribution in [2.24, 2.45) is 0 Å². The highest BCUT2D eigenvalue weighted by Crippen LogP contribution is 2.31. The van der Waals surface area contributed by atoms with E-state index < -0.39 is 9.84 Å². The summed E-state index contributed by atoms with van der Waals surface area (Å²) in [5.74, 6) is 0.0682. The Bertz CT molecular complexity index is 834. The Morgan fingerprint density at radius 3 is 2.38 bits per heavy atom. The molecule has 1 unspecified atom stereocenters. The molecule has 0 radical (unpaired) electrons. The third-order valence-electron chi connectivity index (χ3n) is 6.53. The van der Waals surface area contributed by atoms with E-state index in [0.29, 0.717) is 19.0 Å². The number of hydrogen-bond donors (Lipinski definition) is 0. The van der Waals surface area contributed by atoms with E-state index >= 15 is 0 Å². The first-order valence-electron chi connectivity index (χ1n) is 10.9. The second-order valence-corrected chi connectivity index (χ2v) is 11.1. The molecule has 0 aromatic heterocycles. The van der Waals surface area contributed by atoms with Crippen LogP contribution in [-0.2, 0) is 21.2 Å². The molecular formula is C22H31FN2O3S. The van der Waals surface area contributed by atoms with Gasteiger partial charge in [-0.1, -0.05) is 31.4 Å². The number of benzene rings is 1. The number of carbonyl (C=O) groups excluding carboxylic acids is 1. The topological polar surface area (TPSA) is 57.7 Å². The van der Waals surface area contributed by atoms with Crippen molar-refractivity contribution < 1.29 is 17.6 Å². The molecule has 1 aliphatic heterocycles. The van der Waals surface area contributed by atoms with Crippen molar-refractivity contribution in [3.05, 3.63) is 35.6 Å². The average molecular weight is 423 g/mol. The molecule has 2 aliphatic carbocycles. The minimum Gasteiger partial charge on any atom is -0.335 e. The van der Waals surface area contributed by atoms with E-state index in [0.717, 1.165) is 44.1 Å². The molecule has 1 aromatic rings. The molecule has 2 saturated carbocycles. The van der Waals surface area contributed by atoms with Crippen LogP contribution in [0.2, 0.25) is 0 Å². The quantitative estimate of drug-likeness (QED) is 0.677. The second-order valence-electron chi connectivity index (χ2n) is 8.92. The summed E-state index contributed by atoms with van der Waals surface area (Å²) in [6.45, 7) is 0.837. The summed E-state index contributed by atoms with van der Waals surface area (Å²) < 4.78 is 37.8. The predicted molar refractivity (Wildman–Crippen MR) is 111 cm³/mol. The van der Waals surface area contributed by atoms with Gasteiger partial charge in [-0.15, -0.1) is 0 Å². The zero-order chi connectivity index (χ0) is 20.4.